The molecule has 0 spiro atoms. The fourth-order valence-corrected chi connectivity index (χ4v) is 1.44. The van der Waals surface area contributed by atoms with E-state index in [0.717, 1.165) is 19.7 Å². The molecule has 1 atom stereocenters. The van der Waals surface area contributed by atoms with Crippen LogP contribution in [-0.2, 0) is 4.74 Å². The molecular weight excluding hydrogens is 154 g/mol. The standard InChI is InChI=1S/C9H17NO2/c1-3-4-10-5-6-12-8-9(10,2)7-11/h3,11H,1,4-8H2,2H3. The molecule has 1 saturated heterocycles. The first-order valence-electron chi connectivity index (χ1n) is 4.27. The second-order valence-electron chi connectivity index (χ2n) is 3.44. The zero-order valence-electron chi connectivity index (χ0n) is 7.62. The van der Waals surface area contributed by atoms with Gasteiger partial charge in [0.05, 0.1) is 25.4 Å². The molecule has 70 valence electrons. The minimum atomic E-state index is -0.216. The summed E-state index contributed by atoms with van der Waals surface area (Å²) in [6.07, 6.45) is 1.86. The van der Waals surface area contributed by atoms with Crippen molar-refractivity contribution in [1.29, 1.82) is 0 Å². The highest BCUT2D eigenvalue weighted by Gasteiger charge is 2.33. The first-order chi connectivity index (χ1) is 5.73. The molecule has 1 unspecified atom stereocenters. The van der Waals surface area contributed by atoms with Crippen LogP contribution in [0.15, 0.2) is 12.7 Å². The maximum atomic E-state index is 9.19. The molecule has 12 heavy (non-hydrogen) atoms. The molecule has 0 saturated carbocycles. The van der Waals surface area contributed by atoms with E-state index in [-0.39, 0.29) is 12.1 Å². The normalized spacial score (nSPS) is 31.8. The van der Waals surface area contributed by atoms with Crippen LogP contribution in [0.5, 0.6) is 0 Å². The lowest BCUT2D eigenvalue weighted by Gasteiger charge is -2.42. The molecule has 1 aliphatic heterocycles. The van der Waals surface area contributed by atoms with Gasteiger partial charge in [0.25, 0.3) is 0 Å². The van der Waals surface area contributed by atoms with E-state index in [1.165, 1.54) is 0 Å². The van der Waals surface area contributed by atoms with E-state index in [0.29, 0.717) is 6.61 Å². The first kappa shape index (κ1) is 9.71. The highest BCUT2D eigenvalue weighted by molar-refractivity contribution is 4.91. The van der Waals surface area contributed by atoms with Crippen LogP contribution in [0.1, 0.15) is 6.92 Å². The molecular formula is C9H17NO2. The molecule has 0 aromatic heterocycles. The van der Waals surface area contributed by atoms with E-state index in [9.17, 15) is 5.11 Å². The van der Waals surface area contributed by atoms with Gasteiger partial charge < -0.3 is 9.84 Å². The quantitative estimate of drug-likeness (QED) is 0.618. The van der Waals surface area contributed by atoms with Crippen LogP contribution in [0.4, 0.5) is 0 Å². The number of aliphatic hydroxyl groups excluding tert-OH is 1. The van der Waals surface area contributed by atoms with Crippen molar-refractivity contribution in [2.24, 2.45) is 0 Å². The van der Waals surface area contributed by atoms with Crippen molar-refractivity contribution in [3.63, 3.8) is 0 Å². The number of hydrogen-bond donors (Lipinski definition) is 1. The second-order valence-corrected chi connectivity index (χ2v) is 3.44. The van der Waals surface area contributed by atoms with Crippen LogP contribution in [0.25, 0.3) is 0 Å². The molecule has 1 rings (SSSR count). The third-order valence-electron chi connectivity index (χ3n) is 2.37. The van der Waals surface area contributed by atoms with E-state index in [1.807, 2.05) is 13.0 Å². The molecule has 1 heterocycles. The lowest BCUT2D eigenvalue weighted by molar-refractivity contribution is -0.0769. The lowest BCUT2D eigenvalue weighted by atomic mass is 10.0. The molecule has 0 bridgehead atoms. The van der Waals surface area contributed by atoms with Gasteiger partial charge in [-0.05, 0) is 6.92 Å². The van der Waals surface area contributed by atoms with Gasteiger partial charge in [0.1, 0.15) is 0 Å². The third-order valence-corrected chi connectivity index (χ3v) is 2.37. The van der Waals surface area contributed by atoms with Crippen LogP contribution in [0.3, 0.4) is 0 Å². The van der Waals surface area contributed by atoms with Crippen molar-refractivity contribution in [2.45, 2.75) is 12.5 Å². The molecule has 0 radical (unpaired) electrons. The van der Waals surface area contributed by atoms with Crippen LogP contribution >= 0.6 is 0 Å². The van der Waals surface area contributed by atoms with E-state index < -0.39 is 0 Å². The molecule has 3 heteroatoms. The Kier molecular flexibility index (Phi) is 3.26. The van der Waals surface area contributed by atoms with Gasteiger partial charge in [0, 0.05) is 13.1 Å². The Morgan fingerprint density at radius 1 is 1.75 bits per heavy atom. The van der Waals surface area contributed by atoms with Gasteiger partial charge in [0.15, 0.2) is 0 Å². The van der Waals surface area contributed by atoms with Crippen LogP contribution in [0, 0.1) is 0 Å². The molecule has 0 aliphatic carbocycles. The summed E-state index contributed by atoms with van der Waals surface area (Å²) >= 11 is 0. The Morgan fingerprint density at radius 3 is 3.08 bits per heavy atom. The van der Waals surface area contributed by atoms with Gasteiger partial charge >= 0.3 is 0 Å². The van der Waals surface area contributed by atoms with Crippen molar-refractivity contribution in [3.05, 3.63) is 12.7 Å². The Hall–Kier alpha value is -0.380. The smallest absolute Gasteiger partial charge is 0.0670 e. The minimum Gasteiger partial charge on any atom is -0.394 e. The average molecular weight is 171 g/mol. The predicted molar refractivity (Wildman–Crippen MR) is 48.1 cm³/mol. The Labute approximate surface area is 73.6 Å². The first-order valence-corrected chi connectivity index (χ1v) is 4.27. The topological polar surface area (TPSA) is 32.7 Å². The van der Waals surface area contributed by atoms with E-state index in [1.54, 1.807) is 0 Å². The summed E-state index contributed by atoms with van der Waals surface area (Å²) in [6.45, 7) is 8.90. The second kappa shape index (κ2) is 4.03. The molecule has 3 nitrogen and oxygen atoms in total. The number of morpholine rings is 1. The number of hydrogen-bond acceptors (Lipinski definition) is 3. The lowest BCUT2D eigenvalue weighted by Crippen LogP contribution is -2.57. The van der Waals surface area contributed by atoms with Gasteiger partial charge in [-0.15, -0.1) is 6.58 Å². The number of ether oxygens (including phenoxy) is 1. The maximum absolute atomic E-state index is 9.19. The third kappa shape index (κ3) is 1.86. The summed E-state index contributed by atoms with van der Waals surface area (Å²) in [5.74, 6) is 0. The van der Waals surface area contributed by atoms with Crippen molar-refractivity contribution in [1.82, 2.24) is 4.90 Å². The number of rotatable bonds is 3. The van der Waals surface area contributed by atoms with Crippen LogP contribution in [-0.4, -0.2) is 48.5 Å². The van der Waals surface area contributed by atoms with Crippen molar-refractivity contribution < 1.29 is 9.84 Å². The Bertz CT molecular complexity index is 161. The minimum absolute atomic E-state index is 0.140. The monoisotopic (exact) mass is 171 g/mol. The zero-order valence-corrected chi connectivity index (χ0v) is 7.62. The largest absolute Gasteiger partial charge is 0.394 e. The Balaban J connectivity index is 2.59. The fourth-order valence-electron chi connectivity index (χ4n) is 1.44. The van der Waals surface area contributed by atoms with E-state index in [4.69, 9.17) is 4.74 Å². The van der Waals surface area contributed by atoms with Gasteiger partial charge in [-0.1, -0.05) is 6.08 Å². The molecule has 0 aromatic rings. The summed E-state index contributed by atoms with van der Waals surface area (Å²) in [5.41, 5.74) is -0.216. The fraction of sp³-hybridized carbons (Fsp3) is 0.778. The number of aliphatic hydroxyl groups is 1. The van der Waals surface area contributed by atoms with Crippen molar-refractivity contribution in [3.8, 4) is 0 Å². The predicted octanol–water partition coefficient (Wildman–Crippen LogP) is 0.256. The molecule has 1 fully saturated rings. The summed E-state index contributed by atoms with van der Waals surface area (Å²) in [4.78, 5) is 2.20. The van der Waals surface area contributed by atoms with Gasteiger partial charge in [-0.2, -0.15) is 0 Å². The maximum Gasteiger partial charge on any atom is 0.0670 e. The zero-order chi connectivity index (χ0) is 9.03. The summed E-state index contributed by atoms with van der Waals surface area (Å²) in [5, 5.41) is 9.19. The molecule has 1 aliphatic rings. The summed E-state index contributed by atoms with van der Waals surface area (Å²) in [6, 6.07) is 0. The van der Waals surface area contributed by atoms with Crippen molar-refractivity contribution in [2.75, 3.05) is 32.9 Å². The van der Waals surface area contributed by atoms with Gasteiger partial charge in [-0.3, -0.25) is 4.90 Å². The van der Waals surface area contributed by atoms with Crippen LogP contribution in [0.2, 0.25) is 0 Å². The summed E-state index contributed by atoms with van der Waals surface area (Å²) in [7, 11) is 0. The molecule has 0 amide bonds. The van der Waals surface area contributed by atoms with Gasteiger partial charge in [0.2, 0.25) is 0 Å². The molecule has 1 N–H and O–H groups in total. The summed E-state index contributed by atoms with van der Waals surface area (Å²) < 4.78 is 5.32. The SMILES string of the molecule is C=CCN1CCOCC1(C)CO. The highest BCUT2D eigenvalue weighted by atomic mass is 16.5. The highest BCUT2D eigenvalue weighted by Crippen LogP contribution is 2.18. The van der Waals surface area contributed by atoms with Crippen molar-refractivity contribution >= 4 is 0 Å². The average Bonchev–Trinajstić information content (AvgIpc) is 2.10. The van der Waals surface area contributed by atoms with E-state index in [2.05, 4.69) is 11.5 Å². The van der Waals surface area contributed by atoms with Crippen LogP contribution < -0.4 is 0 Å². The number of nitrogens with zero attached hydrogens (tertiary/aromatic N) is 1. The van der Waals surface area contributed by atoms with Gasteiger partial charge in [-0.25, -0.2) is 0 Å². The Morgan fingerprint density at radius 2 is 2.50 bits per heavy atom. The van der Waals surface area contributed by atoms with E-state index >= 15 is 0 Å². The molecule has 0 aromatic carbocycles.